The van der Waals surface area contributed by atoms with Crippen LogP contribution in [0.25, 0.3) is 0 Å². The summed E-state index contributed by atoms with van der Waals surface area (Å²) < 4.78 is 17.1. The molecular formula is C17H30N3O5+. The average Bonchev–Trinajstić information content (AvgIpc) is 3.03. The molecule has 1 atom stereocenters. The van der Waals surface area contributed by atoms with Gasteiger partial charge in [0.15, 0.2) is 5.79 Å². The van der Waals surface area contributed by atoms with Crippen LogP contribution in [-0.2, 0) is 23.8 Å². The molecule has 2 aliphatic heterocycles. The van der Waals surface area contributed by atoms with Crippen LogP contribution in [-0.4, -0.2) is 76.2 Å². The lowest BCUT2D eigenvalue weighted by molar-refractivity contribution is -0.906. The van der Waals surface area contributed by atoms with Crippen LogP contribution in [0.1, 0.15) is 32.1 Å². The Labute approximate surface area is 148 Å². The lowest BCUT2D eigenvalue weighted by Crippen LogP contribution is -3.14. The molecule has 0 aromatic rings. The number of carbonyl (C=O) groups is 2. The Bertz CT molecular complexity index is 461. The molecular weight excluding hydrogens is 326 g/mol. The molecule has 3 aliphatic rings. The molecule has 142 valence electrons. The van der Waals surface area contributed by atoms with Crippen molar-refractivity contribution in [3.8, 4) is 0 Å². The highest BCUT2D eigenvalue weighted by Gasteiger charge is 2.42. The summed E-state index contributed by atoms with van der Waals surface area (Å²) >= 11 is 0. The number of morpholine rings is 1. The Morgan fingerprint density at radius 3 is 2.52 bits per heavy atom. The number of nitrogens with one attached hydrogen (secondary N) is 3. The number of rotatable bonds is 5. The summed E-state index contributed by atoms with van der Waals surface area (Å²) in [5.74, 6) is -1.64. The third kappa shape index (κ3) is 5.37. The maximum Gasteiger partial charge on any atom is 0.309 e. The lowest BCUT2D eigenvalue weighted by Gasteiger charge is -2.31. The zero-order valence-electron chi connectivity index (χ0n) is 14.8. The van der Waals surface area contributed by atoms with E-state index >= 15 is 0 Å². The minimum Gasteiger partial charge on any atom is -0.370 e. The molecule has 0 bridgehead atoms. The minimum absolute atomic E-state index is 0.173. The highest BCUT2D eigenvalue weighted by Crippen LogP contribution is 2.37. The second kappa shape index (κ2) is 8.93. The van der Waals surface area contributed by atoms with E-state index in [0.717, 1.165) is 58.5 Å². The van der Waals surface area contributed by atoms with Gasteiger partial charge in [-0.15, -0.1) is 0 Å². The summed E-state index contributed by atoms with van der Waals surface area (Å²) in [6.07, 6.45) is 5.12. The molecule has 2 saturated heterocycles. The second-order valence-electron chi connectivity index (χ2n) is 7.10. The van der Waals surface area contributed by atoms with Crippen molar-refractivity contribution in [3.05, 3.63) is 0 Å². The van der Waals surface area contributed by atoms with Crippen molar-refractivity contribution in [3.63, 3.8) is 0 Å². The molecule has 1 aliphatic carbocycles. The Kier molecular flexibility index (Phi) is 6.63. The van der Waals surface area contributed by atoms with Gasteiger partial charge in [0.25, 0.3) is 0 Å². The van der Waals surface area contributed by atoms with Gasteiger partial charge in [-0.25, -0.2) is 0 Å². The predicted molar refractivity (Wildman–Crippen MR) is 89.0 cm³/mol. The maximum atomic E-state index is 11.9. The van der Waals surface area contributed by atoms with Crippen molar-refractivity contribution >= 4 is 11.8 Å². The van der Waals surface area contributed by atoms with E-state index in [1.165, 1.54) is 11.3 Å². The average molecular weight is 356 g/mol. The smallest absolute Gasteiger partial charge is 0.309 e. The number of quaternary nitrogens is 1. The molecule has 0 radical (unpaired) electrons. The molecule has 3 rings (SSSR count). The van der Waals surface area contributed by atoms with E-state index in [4.69, 9.17) is 14.2 Å². The Hall–Kier alpha value is -1.22. The van der Waals surface area contributed by atoms with Crippen LogP contribution in [0, 0.1) is 0 Å². The first-order chi connectivity index (χ1) is 12.2. The van der Waals surface area contributed by atoms with Crippen LogP contribution in [0.15, 0.2) is 0 Å². The molecule has 3 fully saturated rings. The van der Waals surface area contributed by atoms with Crippen molar-refractivity contribution in [2.75, 3.05) is 52.5 Å². The summed E-state index contributed by atoms with van der Waals surface area (Å²) in [6, 6.07) is 0. The molecule has 2 amide bonds. The third-order valence-corrected chi connectivity index (χ3v) is 5.19. The summed E-state index contributed by atoms with van der Waals surface area (Å²) in [6.45, 7) is 5.50. The summed E-state index contributed by atoms with van der Waals surface area (Å²) in [5.41, 5.74) is 0. The van der Waals surface area contributed by atoms with Gasteiger partial charge in [0.05, 0.1) is 32.9 Å². The fraction of sp³-hybridized carbons (Fsp3) is 0.882. The van der Waals surface area contributed by atoms with Gasteiger partial charge in [0.1, 0.15) is 19.2 Å². The van der Waals surface area contributed by atoms with Gasteiger partial charge in [0, 0.05) is 19.4 Å². The highest BCUT2D eigenvalue weighted by atomic mass is 16.7. The first kappa shape index (κ1) is 18.6. The van der Waals surface area contributed by atoms with Crippen molar-refractivity contribution in [1.29, 1.82) is 0 Å². The first-order valence-corrected chi connectivity index (χ1v) is 9.46. The number of hydrogen-bond acceptors (Lipinski definition) is 5. The van der Waals surface area contributed by atoms with Crippen LogP contribution < -0.4 is 15.5 Å². The van der Waals surface area contributed by atoms with Gasteiger partial charge in [-0.2, -0.15) is 0 Å². The van der Waals surface area contributed by atoms with Crippen LogP contribution in [0.3, 0.4) is 0 Å². The normalized spacial score (nSPS) is 26.5. The predicted octanol–water partition coefficient (Wildman–Crippen LogP) is -1.79. The van der Waals surface area contributed by atoms with Gasteiger partial charge in [-0.1, -0.05) is 6.42 Å². The van der Waals surface area contributed by atoms with Gasteiger partial charge in [-0.05, 0) is 12.8 Å². The largest absolute Gasteiger partial charge is 0.370 e. The lowest BCUT2D eigenvalue weighted by atomic mass is 9.94. The Morgan fingerprint density at radius 1 is 1.04 bits per heavy atom. The summed E-state index contributed by atoms with van der Waals surface area (Å²) in [7, 11) is 0. The number of hydrogen-bond donors (Lipinski definition) is 3. The molecule has 0 aromatic heterocycles. The number of amides is 2. The van der Waals surface area contributed by atoms with Gasteiger partial charge in [-0.3, -0.25) is 9.59 Å². The molecule has 1 saturated carbocycles. The van der Waals surface area contributed by atoms with Crippen LogP contribution in [0.4, 0.5) is 0 Å². The van der Waals surface area contributed by atoms with Gasteiger partial charge < -0.3 is 29.7 Å². The summed E-state index contributed by atoms with van der Waals surface area (Å²) in [5, 5.41) is 5.33. The van der Waals surface area contributed by atoms with Crippen LogP contribution in [0.5, 0.6) is 0 Å². The molecule has 0 unspecified atom stereocenters. The second-order valence-corrected chi connectivity index (χ2v) is 7.10. The van der Waals surface area contributed by atoms with Crippen molar-refractivity contribution in [2.24, 2.45) is 0 Å². The monoisotopic (exact) mass is 356 g/mol. The number of ether oxygens (including phenoxy) is 3. The topological polar surface area (TPSA) is 90.3 Å². The highest BCUT2D eigenvalue weighted by molar-refractivity contribution is 6.35. The minimum atomic E-state index is -0.606. The third-order valence-electron chi connectivity index (χ3n) is 5.19. The van der Waals surface area contributed by atoms with Gasteiger partial charge >= 0.3 is 11.8 Å². The zero-order valence-corrected chi connectivity index (χ0v) is 14.8. The van der Waals surface area contributed by atoms with E-state index in [1.807, 2.05) is 0 Å². The Morgan fingerprint density at radius 2 is 1.76 bits per heavy atom. The fourth-order valence-corrected chi connectivity index (χ4v) is 3.70. The van der Waals surface area contributed by atoms with E-state index < -0.39 is 17.6 Å². The van der Waals surface area contributed by atoms with Crippen LogP contribution in [0.2, 0.25) is 0 Å². The van der Waals surface area contributed by atoms with Crippen molar-refractivity contribution in [1.82, 2.24) is 10.6 Å². The molecule has 3 N–H and O–H groups in total. The molecule has 8 heteroatoms. The SMILES string of the molecule is O=C(NCC[NH+]1CCOCC1)C(=O)NC[C@@H]1COC2(CCCCC2)O1. The van der Waals surface area contributed by atoms with Gasteiger partial charge in [0.2, 0.25) is 0 Å². The van der Waals surface area contributed by atoms with E-state index in [0.29, 0.717) is 19.7 Å². The molecule has 0 aromatic carbocycles. The molecule has 25 heavy (non-hydrogen) atoms. The first-order valence-electron chi connectivity index (χ1n) is 9.46. The van der Waals surface area contributed by atoms with E-state index in [1.54, 1.807) is 0 Å². The Balaban J connectivity index is 1.30. The summed E-state index contributed by atoms with van der Waals surface area (Å²) in [4.78, 5) is 25.1. The van der Waals surface area contributed by atoms with Crippen molar-refractivity contribution < 1.29 is 28.7 Å². The fourth-order valence-electron chi connectivity index (χ4n) is 3.70. The van der Waals surface area contributed by atoms with Crippen LogP contribution >= 0.6 is 0 Å². The maximum absolute atomic E-state index is 11.9. The van der Waals surface area contributed by atoms with E-state index in [9.17, 15) is 9.59 Å². The van der Waals surface area contributed by atoms with Crippen molar-refractivity contribution in [2.45, 2.75) is 44.0 Å². The van der Waals surface area contributed by atoms with E-state index in [-0.39, 0.29) is 6.10 Å². The molecule has 2 heterocycles. The standard InChI is InChI=1S/C17H29N3O5/c21-15(18-6-7-20-8-10-23-11-9-20)16(22)19-12-14-13-24-17(25-14)4-2-1-3-5-17/h14H,1-13H2,(H,18,21)(H,19,22)/p+1/t14-/m1/s1. The molecule has 1 spiro atoms. The zero-order chi connectivity index (χ0) is 17.5. The van der Waals surface area contributed by atoms with E-state index in [2.05, 4.69) is 10.6 Å². The quantitative estimate of drug-likeness (QED) is 0.506. The molecule has 8 nitrogen and oxygen atoms in total. The number of carbonyl (C=O) groups excluding carboxylic acids is 2.